The molecule has 186 valence electrons. The molecule has 1 amide bonds. The van der Waals surface area contributed by atoms with E-state index in [0.29, 0.717) is 48.1 Å². The smallest absolute Gasteiger partial charge is 0.409 e. The molecule has 1 N–H and O–H groups in total. The Balaban J connectivity index is 1.66. The van der Waals surface area contributed by atoms with Gasteiger partial charge in [0.1, 0.15) is 29.8 Å². The quantitative estimate of drug-likeness (QED) is 0.516. The fourth-order valence-corrected chi connectivity index (χ4v) is 3.70. The second-order valence-corrected chi connectivity index (χ2v) is 8.52. The third-order valence-electron chi connectivity index (χ3n) is 5.78. The summed E-state index contributed by atoms with van der Waals surface area (Å²) in [4.78, 5) is 29.7. The molecule has 0 spiro atoms. The molecule has 11 heteroatoms. The Bertz CT molecular complexity index is 994. The van der Waals surface area contributed by atoms with E-state index in [0.717, 1.165) is 19.3 Å². The van der Waals surface area contributed by atoms with Crippen molar-refractivity contribution in [1.29, 1.82) is 0 Å². The van der Waals surface area contributed by atoms with Crippen molar-refractivity contribution in [2.75, 3.05) is 26.8 Å². The first kappa shape index (κ1) is 25.4. The number of unbranched alkanes of at least 4 members (excludes halogenated alkanes) is 2. The average Bonchev–Trinajstić information content (AvgIpc) is 3.19. The molecule has 11 nitrogen and oxygen atoms in total. The van der Waals surface area contributed by atoms with Crippen molar-refractivity contribution >= 4 is 12.1 Å². The lowest BCUT2D eigenvalue weighted by atomic mass is 10.0. The molecule has 1 saturated heterocycles. The second-order valence-electron chi connectivity index (χ2n) is 8.52. The van der Waals surface area contributed by atoms with E-state index in [1.165, 1.54) is 0 Å². The Morgan fingerprint density at radius 3 is 2.79 bits per heavy atom. The minimum Gasteiger partial charge on any atom is -0.486 e. The molecule has 1 fully saturated rings. The molecule has 0 saturated carbocycles. The van der Waals surface area contributed by atoms with E-state index in [2.05, 4.69) is 22.2 Å². The van der Waals surface area contributed by atoms with Crippen LogP contribution in [-0.4, -0.2) is 75.0 Å². The van der Waals surface area contributed by atoms with Crippen LogP contribution in [0.15, 0.2) is 12.1 Å². The number of aromatic nitrogens is 4. The summed E-state index contributed by atoms with van der Waals surface area (Å²) < 4.78 is 18.4. The Morgan fingerprint density at radius 2 is 2.09 bits per heavy atom. The van der Waals surface area contributed by atoms with Crippen LogP contribution in [0.5, 0.6) is 5.75 Å². The number of ether oxygens (including phenoxy) is 3. The monoisotopic (exact) mass is 475 g/mol. The van der Waals surface area contributed by atoms with Gasteiger partial charge in [-0.05, 0) is 25.5 Å². The Labute approximate surface area is 199 Å². The van der Waals surface area contributed by atoms with E-state index < -0.39 is 18.0 Å². The summed E-state index contributed by atoms with van der Waals surface area (Å²) in [6.45, 7) is 5.11. The van der Waals surface area contributed by atoms with Crippen LogP contribution in [0.25, 0.3) is 11.4 Å². The zero-order chi connectivity index (χ0) is 24.7. The number of carbonyl (C=O) groups is 2. The van der Waals surface area contributed by atoms with Gasteiger partial charge in [0.15, 0.2) is 0 Å². The van der Waals surface area contributed by atoms with Crippen LogP contribution in [0, 0.1) is 12.8 Å². The topological polar surface area (TPSA) is 129 Å². The van der Waals surface area contributed by atoms with Crippen molar-refractivity contribution in [3.05, 3.63) is 23.5 Å². The van der Waals surface area contributed by atoms with Crippen molar-refractivity contribution in [1.82, 2.24) is 24.9 Å². The molecule has 0 unspecified atom stereocenters. The van der Waals surface area contributed by atoms with Crippen LogP contribution < -0.4 is 4.74 Å². The van der Waals surface area contributed by atoms with Gasteiger partial charge in [-0.25, -0.2) is 14.5 Å². The molecule has 1 aliphatic heterocycles. The van der Waals surface area contributed by atoms with E-state index in [1.54, 1.807) is 42.7 Å². The van der Waals surface area contributed by atoms with Crippen LogP contribution in [-0.2, 0) is 27.9 Å². The van der Waals surface area contributed by atoms with Crippen LogP contribution >= 0.6 is 0 Å². The number of hydrogen-bond acceptors (Lipinski definition) is 8. The lowest BCUT2D eigenvalue weighted by molar-refractivity contribution is -0.149. The number of aryl methyl sites for hydroxylation is 2. The summed E-state index contributed by atoms with van der Waals surface area (Å²) in [5.41, 5.74) is 2.34. The molecule has 2 aromatic heterocycles. The highest BCUT2D eigenvalue weighted by molar-refractivity contribution is 5.70. The van der Waals surface area contributed by atoms with Gasteiger partial charge in [-0.15, -0.1) is 5.10 Å². The minimum absolute atomic E-state index is 0.0186. The van der Waals surface area contributed by atoms with Crippen LogP contribution in [0.3, 0.4) is 0 Å². The molecule has 0 aromatic carbocycles. The number of nitrogens with zero attached hydrogens (tertiary/aromatic N) is 5. The van der Waals surface area contributed by atoms with E-state index in [9.17, 15) is 14.7 Å². The molecular formula is C23H33N5O6. The fourth-order valence-electron chi connectivity index (χ4n) is 3.70. The molecule has 34 heavy (non-hydrogen) atoms. The van der Waals surface area contributed by atoms with Gasteiger partial charge in [-0.1, -0.05) is 25.0 Å². The normalized spacial score (nSPS) is 17.9. The molecule has 3 rings (SSSR count). The van der Waals surface area contributed by atoms with Gasteiger partial charge < -0.3 is 24.2 Å². The number of carbonyl (C=O) groups excluding carboxylic acids is 1. The Kier molecular flexibility index (Phi) is 8.80. The molecule has 3 heterocycles. The zero-order valence-corrected chi connectivity index (χ0v) is 20.2. The van der Waals surface area contributed by atoms with Gasteiger partial charge in [0.2, 0.25) is 0 Å². The third-order valence-corrected chi connectivity index (χ3v) is 5.78. The maximum Gasteiger partial charge on any atom is 0.409 e. The maximum atomic E-state index is 12.3. The lowest BCUT2D eigenvalue weighted by Gasteiger charge is -2.27. The highest BCUT2D eigenvalue weighted by Gasteiger charge is 2.29. The van der Waals surface area contributed by atoms with Crippen LogP contribution in [0.4, 0.5) is 4.79 Å². The number of carboxylic acids is 1. The molecule has 1 aliphatic rings. The van der Waals surface area contributed by atoms with Crippen LogP contribution in [0.2, 0.25) is 0 Å². The number of pyridine rings is 1. The highest BCUT2D eigenvalue weighted by Crippen LogP contribution is 2.27. The minimum atomic E-state index is -0.887. The molecule has 0 bridgehead atoms. The first-order valence-corrected chi connectivity index (χ1v) is 11.5. The summed E-state index contributed by atoms with van der Waals surface area (Å²) in [5, 5.41) is 17.5. The molecule has 0 aliphatic carbocycles. The third kappa shape index (κ3) is 6.43. The van der Waals surface area contributed by atoms with Crippen molar-refractivity contribution in [2.45, 2.75) is 52.2 Å². The van der Waals surface area contributed by atoms with Gasteiger partial charge in [-0.3, -0.25) is 4.79 Å². The number of hydrogen-bond donors (Lipinski definition) is 1. The average molecular weight is 476 g/mol. The maximum absolute atomic E-state index is 12.3. The van der Waals surface area contributed by atoms with E-state index >= 15 is 0 Å². The molecule has 2 atom stereocenters. The number of carboxylic acid groups (broad SMARTS) is 1. The predicted octanol–water partition coefficient (Wildman–Crippen LogP) is 2.81. The SMILES string of the molecule is CCCCCN(C)C(=O)OCc1c(-c2ccc(O[C@@H]3COC[C@@H](C(=O)O)C3)c(C)n2)nnn1C. The first-order chi connectivity index (χ1) is 16.3. The van der Waals surface area contributed by atoms with Gasteiger partial charge >= 0.3 is 12.1 Å². The predicted molar refractivity (Wildman–Crippen MR) is 122 cm³/mol. The largest absolute Gasteiger partial charge is 0.486 e. The fraction of sp³-hybridized carbons (Fsp3) is 0.609. The van der Waals surface area contributed by atoms with Gasteiger partial charge in [0.05, 0.1) is 30.5 Å². The molecule has 2 aromatic rings. The summed E-state index contributed by atoms with van der Waals surface area (Å²) in [5.74, 6) is -0.919. The number of aliphatic carboxylic acids is 1. The van der Waals surface area contributed by atoms with E-state index in [4.69, 9.17) is 14.2 Å². The summed E-state index contributed by atoms with van der Waals surface area (Å²) in [6, 6.07) is 3.53. The summed E-state index contributed by atoms with van der Waals surface area (Å²) in [6.07, 6.45) is 2.70. The van der Waals surface area contributed by atoms with Crippen molar-refractivity contribution < 1.29 is 28.9 Å². The second kappa shape index (κ2) is 11.8. The molecular weight excluding hydrogens is 442 g/mol. The Morgan fingerprint density at radius 1 is 1.29 bits per heavy atom. The van der Waals surface area contributed by atoms with Crippen molar-refractivity contribution in [3.63, 3.8) is 0 Å². The summed E-state index contributed by atoms with van der Waals surface area (Å²) in [7, 11) is 3.46. The van der Waals surface area contributed by atoms with Crippen molar-refractivity contribution in [2.24, 2.45) is 13.0 Å². The van der Waals surface area contributed by atoms with E-state index in [1.807, 2.05) is 0 Å². The number of rotatable bonds is 10. The Hall–Kier alpha value is -3.21. The van der Waals surface area contributed by atoms with Crippen LogP contribution in [0.1, 0.15) is 44.0 Å². The lowest BCUT2D eigenvalue weighted by Crippen LogP contribution is -2.37. The van der Waals surface area contributed by atoms with Gasteiger partial charge in [0.25, 0.3) is 0 Å². The first-order valence-electron chi connectivity index (χ1n) is 11.5. The van der Waals surface area contributed by atoms with Crippen molar-refractivity contribution in [3.8, 4) is 17.1 Å². The zero-order valence-electron chi connectivity index (χ0n) is 20.2. The van der Waals surface area contributed by atoms with E-state index in [-0.39, 0.29) is 19.3 Å². The number of amides is 1. The highest BCUT2D eigenvalue weighted by atomic mass is 16.6. The summed E-state index contributed by atoms with van der Waals surface area (Å²) >= 11 is 0. The van der Waals surface area contributed by atoms with Gasteiger partial charge in [0, 0.05) is 27.1 Å². The van der Waals surface area contributed by atoms with Gasteiger partial charge in [-0.2, -0.15) is 0 Å². The molecule has 0 radical (unpaired) electrons. The standard InChI is InChI=1S/C23H33N5O6/c1-5-6-7-10-27(3)23(31)33-14-19-21(25-26-28(19)4)18-8-9-20(15(2)24-18)34-17-11-16(22(29)30)12-32-13-17/h8-9,16-17H,5-7,10-14H2,1-4H3,(H,29,30)/t16-,17-/m0/s1.